The second kappa shape index (κ2) is 6.56. The highest BCUT2D eigenvalue weighted by molar-refractivity contribution is 5.33. The van der Waals surface area contributed by atoms with Gasteiger partial charge in [-0.2, -0.15) is 0 Å². The van der Waals surface area contributed by atoms with Crippen molar-refractivity contribution >= 4 is 0 Å². The summed E-state index contributed by atoms with van der Waals surface area (Å²) >= 11 is 0. The molecule has 0 aliphatic heterocycles. The first-order valence-corrected chi connectivity index (χ1v) is 7.84. The second-order valence-electron chi connectivity index (χ2n) is 6.75. The first-order valence-electron chi connectivity index (χ1n) is 7.84. The van der Waals surface area contributed by atoms with Crippen LogP contribution in [-0.4, -0.2) is 12.6 Å². The Bertz CT molecular complexity index is 384. The number of hydrogen-bond acceptors (Lipinski definition) is 1. The molecule has 0 heterocycles. The molecule has 1 heteroatoms. The molecule has 0 spiro atoms. The van der Waals surface area contributed by atoms with Gasteiger partial charge in [0.2, 0.25) is 0 Å². The van der Waals surface area contributed by atoms with Crippen LogP contribution in [0.25, 0.3) is 0 Å². The molecular weight excluding hydrogens is 230 g/mol. The van der Waals surface area contributed by atoms with E-state index in [0.29, 0.717) is 0 Å². The van der Waals surface area contributed by atoms with Crippen LogP contribution >= 0.6 is 0 Å². The van der Waals surface area contributed by atoms with Crippen molar-refractivity contribution < 1.29 is 0 Å². The molecule has 1 fully saturated rings. The molecule has 1 aromatic carbocycles. The van der Waals surface area contributed by atoms with E-state index in [1.165, 1.54) is 43.4 Å². The lowest BCUT2D eigenvalue weighted by atomic mass is 9.87. The zero-order valence-corrected chi connectivity index (χ0v) is 13.0. The standard InChI is InChI=1S/C18H29N/c1-13(2)10-16(12-19-17-8-9-17)11-18-14(3)6-5-7-15(18)4/h5-7,13,16-17,19H,8-12H2,1-4H3. The van der Waals surface area contributed by atoms with Gasteiger partial charge in [-0.15, -0.1) is 0 Å². The molecule has 1 aliphatic rings. The molecule has 0 saturated heterocycles. The predicted octanol–water partition coefficient (Wildman–Crippen LogP) is 4.26. The highest BCUT2D eigenvalue weighted by Gasteiger charge is 2.22. The quantitative estimate of drug-likeness (QED) is 0.771. The van der Waals surface area contributed by atoms with Gasteiger partial charge in [0.15, 0.2) is 0 Å². The van der Waals surface area contributed by atoms with Crippen LogP contribution < -0.4 is 5.32 Å². The third kappa shape index (κ3) is 4.65. The fraction of sp³-hybridized carbons (Fsp3) is 0.667. The van der Waals surface area contributed by atoms with Gasteiger partial charge in [-0.05, 0) is 74.6 Å². The molecule has 1 N–H and O–H groups in total. The van der Waals surface area contributed by atoms with E-state index in [2.05, 4.69) is 51.2 Å². The van der Waals surface area contributed by atoms with Crippen molar-refractivity contribution in [3.05, 3.63) is 34.9 Å². The topological polar surface area (TPSA) is 12.0 Å². The predicted molar refractivity (Wildman–Crippen MR) is 83.6 cm³/mol. The summed E-state index contributed by atoms with van der Waals surface area (Å²) in [5, 5.41) is 3.72. The van der Waals surface area contributed by atoms with Crippen molar-refractivity contribution in [2.24, 2.45) is 11.8 Å². The highest BCUT2D eigenvalue weighted by atomic mass is 14.9. The minimum absolute atomic E-state index is 0.778. The van der Waals surface area contributed by atoms with Gasteiger partial charge in [-0.1, -0.05) is 32.0 Å². The fourth-order valence-electron chi connectivity index (χ4n) is 2.99. The number of aryl methyl sites for hydroxylation is 2. The highest BCUT2D eigenvalue weighted by Crippen LogP contribution is 2.24. The molecule has 2 rings (SSSR count). The molecule has 1 unspecified atom stereocenters. The molecule has 1 aromatic rings. The van der Waals surface area contributed by atoms with E-state index < -0.39 is 0 Å². The van der Waals surface area contributed by atoms with Gasteiger partial charge in [-0.25, -0.2) is 0 Å². The molecule has 1 saturated carbocycles. The molecule has 19 heavy (non-hydrogen) atoms. The smallest absolute Gasteiger partial charge is 0.00683 e. The van der Waals surface area contributed by atoms with Gasteiger partial charge < -0.3 is 5.32 Å². The van der Waals surface area contributed by atoms with Gasteiger partial charge in [0.1, 0.15) is 0 Å². The maximum absolute atomic E-state index is 3.72. The Morgan fingerprint density at radius 2 is 1.79 bits per heavy atom. The minimum atomic E-state index is 0.778. The van der Waals surface area contributed by atoms with E-state index in [1.807, 2.05) is 0 Å². The first kappa shape index (κ1) is 14.6. The largest absolute Gasteiger partial charge is 0.314 e. The van der Waals surface area contributed by atoms with Gasteiger partial charge in [-0.3, -0.25) is 0 Å². The van der Waals surface area contributed by atoms with Crippen LogP contribution in [0.4, 0.5) is 0 Å². The van der Waals surface area contributed by atoms with Crippen molar-refractivity contribution in [3.8, 4) is 0 Å². The number of benzene rings is 1. The summed E-state index contributed by atoms with van der Waals surface area (Å²) < 4.78 is 0. The normalized spacial score (nSPS) is 16.9. The summed E-state index contributed by atoms with van der Waals surface area (Å²) in [4.78, 5) is 0. The lowest BCUT2D eigenvalue weighted by Gasteiger charge is -2.22. The lowest BCUT2D eigenvalue weighted by molar-refractivity contribution is 0.383. The summed E-state index contributed by atoms with van der Waals surface area (Å²) in [7, 11) is 0. The molecule has 0 aromatic heterocycles. The van der Waals surface area contributed by atoms with Gasteiger partial charge in [0.05, 0.1) is 0 Å². The number of hydrogen-bond donors (Lipinski definition) is 1. The van der Waals surface area contributed by atoms with Crippen LogP contribution in [0.5, 0.6) is 0 Å². The fourth-order valence-corrected chi connectivity index (χ4v) is 2.99. The maximum atomic E-state index is 3.72. The van der Waals surface area contributed by atoms with E-state index in [-0.39, 0.29) is 0 Å². The molecular formula is C18H29N. The van der Waals surface area contributed by atoms with Gasteiger partial charge in [0.25, 0.3) is 0 Å². The van der Waals surface area contributed by atoms with Crippen LogP contribution in [0.2, 0.25) is 0 Å². The van der Waals surface area contributed by atoms with E-state index in [1.54, 1.807) is 5.56 Å². The lowest BCUT2D eigenvalue weighted by Crippen LogP contribution is -2.27. The number of rotatable bonds is 7. The molecule has 0 amide bonds. The summed E-state index contributed by atoms with van der Waals surface area (Å²) in [6, 6.07) is 7.51. The second-order valence-corrected chi connectivity index (χ2v) is 6.75. The summed E-state index contributed by atoms with van der Waals surface area (Å²) in [6.45, 7) is 10.4. The van der Waals surface area contributed by atoms with Crippen LogP contribution in [-0.2, 0) is 6.42 Å². The first-order chi connectivity index (χ1) is 9.06. The molecule has 0 radical (unpaired) electrons. The molecule has 1 nitrogen and oxygen atoms in total. The van der Waals surface area contributed by atoms with Gasteiger partial charge in [0, 0.05) is 6.04 Å². The van der Waals surface area contributed by atoms with Crippen LogP contribution in [0.15, 0.2) is 18.2 Å². The Balaban J connectivity index is 2.00. The average Bonchev–Trinajstić information content (AvgIpc) is 3.14. The van der Waals surface area contributed by atoms with Crippen LogP contribution in [0.1, 0.15) is 49.8 Å². The Hall–Kier alpha value is -0.820. The van der Waals surface area contributed by atoms with E-state index in [0.717, 1.165) is 17.9 Å². The maximum Gasteiger partial charge on any atom is 0.00683 e. The summed E-state index contributed by atoms with van der Waals surface area (Å²) in [5.74, 6) is 1.57. The zero-order chi connectivity index (χ0) is 13.8. The van der Waals surface area contributed by atoms with Gasteiger partial charge >= 0.3 is 0 Å². The van der Waals surface area contributed by atoms with Crippen LogP contribution in [0.3, 0.4) is 0 Å². The van der Waals surface area contributed by atoms with Crippen molar-refractivity contribution in [2.75, 3.05) is 6.54 Å². The SMILES string of the molecule is Cc1cccc(C)c1CC(CNC1CC1)CC(C)C. The zero-order valence-electron chi connectivity index (χ0n) is 13.0. The minimum Gasteiger partial charge on any atom is -0.314 e. The Morgan fingerprint density at radius 3 is 2.32 bits per heavy atom. The van der Waals surface area contributed by atoms with E-state index >= 15 is 0 Å². The van der Waals surface area contributed by atoms with E-state index in [9.17, 15) is 0 Å². The van der Waals surface area contributed by atoms with Crippen molar-refractivity contribution in [1.82, 2.24) is 5.32 Å². The van der Waals surface area contributed by atoms with Crippen molar-refractivity contribution in [3.63, 3.8) is 0 Å². The molecule has 1 atom stereocenters. The third-order valence-electron chi connectivity index (χ3n) is 4.21. The molecule has 0 bridgehead atoms. The monoisotopic (exact) mass is 259 g/mol. The average molecular weight is 259 g/mol. The van der Waals surface area contributed by atoms with Crippen molar-refractivity contribution in [1.29, 1.82) is 0 Å². The molecule has 1 aliphatic carbocycles. The summed E-state index contributed by atoms with van der Waals surface area (Å²) in [5.41, 5.74) is 4.49. The van der Waals surface area contributed by atoms with Crippen molar-refractivity contribution in [2.45, 2.75) is 59.4 Å². The Kier molecular flexibility index (Phi) is 5.04. The molecule has 106 valence electrons. The number of nitrogens with one attached hydrogen (secondary N) is 1. The Morgan fingerprint density at radius 1 is 1.16 bits per heavy atom. The summed E-state index contributed by atoms with van der Waals surface area (Å²) in [6.07, 6.45) is 5.33. The third-order valence-corrected chi connectivity index (χ3v) is 4.21. The van der Waals surface area contributed by atoms with E-state index in [4.69, 9.17) is 0 Å². The van der Waals surface area contributed by atoms with Crippen LogP contribution in [0, 0.1) is 25.7 Å². The Labute approximate surface area is 118 Å².